The van der Waals surface area contributed by atoms with Crippen LogP contribution in [-0.2, 0) is 4.79 Å². The fraction of sp³-hybridized carbons (Fsp3) is 0.263. The monoisotopic (exact) mass is 386 g/mol. The van der Waals surface area contributed by atoms with Gasteiger partial charge in [0, 0.05) is 22.2 Å². The van der Waals surface area contributed by atoms with Gasteiger partial charge in [-0.2, -0.15) is 5.10 Å². The smallest absolute Gasteiger partial charge is 0.246 e. The number of phenolic OH excluding ortho intramolecular Hbond substituents is 1. The van der Waals surface area contributed by atoms with Crippen LogP contribution < -0.4 is 10.1 Å². The number of allylic oxidation sites excluding steroid dienone is 4. The number of carbonyl (C=O) groups is 1. The fourth-order valence-corrected chi connectivity index (χ4v) is 3.38. The number of benzene rings is 1. The van der Waals surface area contributed by atoms with E-state index in [4.69, 9.17) is 16.3 Å². The van der Waals surface area contributed by atoms with Crippen molar-refractivity contribution in [3.05, 3.63) is 47.7 Å². The third-order valence-electron chi connectivity index (χ3n) is 4.61. The molecule has 8 heteroatoms. The lowest BCUT2D eigenvalue weighted by Gasteiger charge is -2.38. The summed E-state index contributed by atoms with van der Waals surface area (Å²) in [7, 11) is 0. The Balaban J connectivity index is 1.53. The lowest BCUT2D eigenvalue weighted by Crippen LogP contribution is -2.55. The van der Waals surface area contributed by atoms with Crippen molar-refractivity contribution in [3.63, 3.8) is 0 Å². The Morgan fingerprint density at radius 1 is 1.48 bits per heavy atom. The average molecular weight is 387 g/mol. The number of H-pyrrole nitrogens is 1. The predicted octanol–water partition coefficient (Wildman–Crippen LogP) is 3.26. The average Bonchev–Trinajstić information content (AvgIpc) is 2.98. The summed E-state index contributed by atoms with van der Waals surface area (Å²) >= 11 is 6.07. The first kappa shape index (κ1) is 17.5. The van der Waals surface area contributed by atoms with Gasteiger partial charge in [-0.05, 0) is 31.1 Å². The summed E-state index contributed by atoms with van der Waals surface area (Å²) in [5, 5.41) is 22.2. The second-order valence-corrected chi connectivity index (χ2v) is 6.98. The minimum absolute atomic E-state index is 0.0223. The topological polar surface area (TPSA) is 90.5 Å². The summed E-state index contributed by atoms with van der Waals surface area (Å²) in [4.78, 5) is 13.1. The zero-order chi connectivity index (χ0) is 19.0. The number of anilines is 1. The summed E-state index contributed by atoms with van der Waals surface area (Å²) in [6, 6.07) is 3.33. The van der Waals surface area contributed by atoms with Gasteiger partial charge < -0.3 is 20.1 Å². The van der Waals surface area contributed by atoms with Gasteiger partial charge in [-0.3, -0.25) is 9.89 Å². The molecule has 4 rings (SSSR count). The molecular formula is C19H19ClN4O3. The Labute approximate surface area is 160 Å². The number of fused-ring (bicyclic) bond motifs is 1. The molecule has 0 unspecified atom stereocenters. The molecule has 2 aliphatic rings. The van der Waals surface area contributed by atoms with Crippen molar-refractivity contribution in [2.75, 3.05) is 18.4 Å². The largest absolute Gasteiger partial charge is 0.504 e. The minimum Gasteiger partial charge on any atom is -0.504 e. The highest BCUT2D eigenvalue weighted by molar-refractivity contribution is 6.31. The molecule has 3 N–H and O–H groups in total. The normalized spacial score (nSPS) is 17.1. The maximum Gasteiger partial charge on any atom is 0.246 e. The summed E-state index contributed by atoms with van der Waals surface area (Å²) in [6.07, 6.45) is 6.69. The zero-order valence-electron chi connectivity index (χ0n) is 14.5. The van der Waals surface area contributed by atoms with E-state index in [1.807, 2.05) is 12.2 Å². The van der Waals surface area contributed by atoms with Gasteiger partial charge in [-0.25, -0.2) is 0 Å². The molecule has 1 saturated heterocycles. The van der Waals surface area contributed by atoms with E-state index < -0.39 is 0 Å². The summed E-state index contributed by atoms with van der Waals surface area (Å²) in [5.74, 6) is 0.904. The van der Waals surface area contributed by atoms with Crippen LogP contribution >= 0.6 is 11.6 Å². The number of nitrogens with one attached hydrogen (secondary N) is 2. The van der Waals surface area contributed by atoms with E-state index in [0.29, 0.717) is 35.2 Å². The van der Waals surface area contributed by atoms with Gasteiger partial charge >= 0.3 is 0 Å². The Hall–Kier alpha value is -2.93. The Bertz CT molecular complexity index is 973. The number of aromatic hydroxyl groups is 1. The van der Waals surface area contributed by atoms with Crippen molar-refractivity contribution in [3.8, 4) is 11.5 Å². The van der Waals surface area contributed by atoms with Crippen LogP contribution in [0.5, 0.6) is 11.5 Å². The van der Waals surface area contributed by atoms with E-state index in [1.165, 1.54) is 6.08 Å². The van der Waals surface area contributed by atoms with Gasteiger partial charge in [0.1, 0.15) is 6.10 Å². The molecular weight excluding hydrogens is 368 g/mol. The van der Waals surface area contributed by atoms with E-state index >= 15 is 0 Å². The van der Waals surface area contributed by atoms with Crippen LogP contribution in [0.25, 0.3) is 10.9 Å². The number of hydrogen-bond donors (Lipinski definition) is 3. The van der Waals surface area contributed by atoms with Crippen molar-refractivity contribution in [1.82, 2.24) is 15.1 Å². The standard InChI is InChI=1S/C19H19ClN4O3/c1-2-18(26)24-9-13(10-24)27-17-7-14-15(8-16(17)25)22-23-19(14)21-12-5-3-4-11(20)6-12/h2,4,6-8,13,25H,1,3,5,9-10H2,(H2,21,22,23). The number of amides is 1. The number of nitrogens with zero attached hydrogens (tertiary/aromatic N) is 2. The number of aromatic nitrogens is 2. The van der Waals surface area contributed by atoms with Gasteiger partial charge in [0.05, 0.1) is 18.6 Å². The number of aromatic amines is 1. The molecule has 140 valence electrons. The number of carbonyl (C=O) groups excluding carboxylic acids is 1. The van der Waals surface area contributed by atoms with Gasteiger partial charge in [0.2, 0.25) is 5.91 Å². The van der Waals surface area contributed by atoms with Gasteiger partial charge in [0.15, 0.2) is 17.3 Å². The predicted molar refractivity (Wildman–Crippen MR) is 104 cm³/mol. The molecule has 2 aromatic rings. The molecule has 0 saturated carbocycles. The molecule has 27 heavy (non-hydrogen) atoms. The molecule has 0 radical (unpaired) electrons. The molecule has 1 aromatic carbocycles. The number of hydrogen-bond acceptors (Lipinski definition) is 5. The lowest BCUT2D eigenvalue weighted by atomic mass is 10.1. The van der Waals surface area contributed by atoms with Crippen LogP contribution in [0, 0.1) is 0 Å². The first-order valence-electron chi connectivity index (χ1n) is 8.66. The molecule has 1 aliphatic carbocycles. The summed E-state index contributed by atoms with van der Waals surface area (Å²) in [5.41, 5.74) is 1.67. The SMILES string of the molecule is C=CC(=O)N1CC(Oc2cc3c(NC4=CC(Cl)=CCC4)n[nH]c3cc2O)C1. The number of phenols is 1. The molecule has 1 aromatic heterocycles. The van der Waals surface area contributed by atoms with E-state index in [2.05, 4.69) is 22.1 Å². The molecule has 1 fully saturated rings. The van der Waals surface area contributed by atoms with Crippen LogP contribution in [0.1, 0.15) is 12.8 Å². The highest BCUT2D eigenvalue weighted by Gasteiger charge is 2.31. The molecule has 1 aliphatic heterocycles. The highest BCUT2D eigenvalue weighted by atomic mass is 35.5. The third-order valence-corrected chi connectivity index (χ3v) is 4.88. The number of ether oxygens (including phenoxy) is 1. The van der Waals surface area contributed by atoms with E-state index in [1.54, 1.807) is 17.0 Å². The van der Waals surface area contributed by atoms with Gasteiger partial charge in [0.25, 0.3) is 0 Å². The van der Waals surface area contributed by atoms with Crippen LogP contribution in [-0.4, -0.2) is 45.3 Å². The second-order valence-electron chi connectivity index (χ2n) is 6.55. The van der Waals surface area contributed by atoms with Crippen molar-refractivity contribution >= 4 is 34.2 Å². The van der Waals surface area contributed by atoms with Gasteiger partial charge in [-0.1, -0.05) is 24.3 Å². The maximum atomic E-state index is 11.5. The van der Waals surface area contributed by atoms with Crippen molar-refractivity contribution in [1.29, 1.82) is 0 Å². The quantitative estimate of drug-likeness (QED) is 0.686. The molecule has 0 spiro atoms. The third kappa shape index (κ3) is 3.50. The first-order valence-corrected chi connectivity index (χ1v) is 9.03. The van der Waals surface area contributed by atoms with Crippen molar-refractivity contribution in [2.45, 2.75) is 18.9 Å². The summed E-state index contributed by atoms with van der Waals surface area (Å²) < 4.78 is 5.85. The zero-order valence-corrected chi connectivity index (χ0v) is 15.3. The van der Waals surface area contributed by atoms with E-state index in [0.717, 1.165) is 23.9 Å². The molecule has 0 atom stereocenters. The number of rotatable bonds is 5. The number of halogens is 1. The Morgan fingerprint density at radius 3 is 3.04 bits per heavy atom. The molecule has 0 bridgehead atoms. The Morgan fingerprint density at radius 2 is 2.30 bits per heavy atom. The van der Waals surface area contributed by atoms with E-state index in [9.17, 15) is 9.90 Å². The van der Waals surface area contributed by atoms with Crippen molar-refractivity contribution < 1.29 is 14.6 Å². The van der Waals surface area contributed by atoms with Crippen LogP contribution in [0.4, 0.5) is 5.82 Å². The maximum absolute atomic E-state index is 11.5. The summed E-state index contributed by atoms with van der Waals surface area (Å²) in [6.45, 7) is 4.41. The highest BCUT2D eigenvalue weighted by Crippen LogP contribution is 2.36. The van der Waals surface area contributed by atoms with Crippen LogP contribution in [0.3, 0.4) is 0 Å². The Kier molecular flexibility index (Phi) is 4.53. The molecule has 1 amide bonds. The second kappa shape index (κ2) is 7.00. The van der Waals surface area contributed by atoms with Crippen LogP contribution in [0.2, 0.25) is 0 Å². The molecule has 2 heterocycles. The van der Waals surface area contributed by atoms with Gasteiger partial charge in [-0.15, -0.1) is 0 Å². The molecule has 7 nitrogen and oxygen atoms in total. The number of likely N-dealkylation sites (tertiary alicyclic amines) is 1. The van der Waals surface area contributed by atoms with E-state index in [-0.39, 0.29) is 17.8 Å². The fourth-order valence-electron chi connectivity index (χ4n) is 3.14. The lowest BCUT2D eigenvalue weighted by molar-refractivity contribution is -0.134. The van der Waals surface area contributed by atoms with Crippen molar-refractivity contribution in [2.24, 2.45) is 0 Å². The first-order chi connectivity index (χ1) is 13.0. The minimum atomic E-state index is -0.162. The van der Waals surface area contributed by atoms with Crippen LogP contribution in [0.15, 0.2) is 47.7 Å².